The van der Waals surface area contributed by atoms with E-state index < -0.39 is 11.7 Å². The molecule has 0 fully saturated rings. The molecule has 0 N–H and O–H groups in total. The third-order valence-electron chi connectivity index (χ3n) is 3.60. The summed E-state index contributed by atoms with van der Waals surface area (Å²) in [5, 5.41) is 0. The molecule has 0 saturated heterocycles. The minimum absolute atomic E-state index is 0.313. The third-order valence-corrected chi connectivity index (χ3v) is 3.60. The van der Waals surface area contributed by atoms with Crippen LogP contribution in [0.25, 0.3) is 0 Å². The van der Waals surface area contributed by atoms with E-state index in [1.165, 1.54) is 6.07 Å². The zero-order valence-corrected chi connectivity index (χ0v) is 13.2. The van der Waals surface area contributed by atoms with E-state index in [1.807, 2.05) is 27.7 Å². The Hall–Kier alpha value is -1.78. The number of nitrogens with zero attached hydrogens (tertiary/aromatic N) is 1. The SMILES string of the molecule is COc1ccc(F)c2c1CCN(C(=O)OC(C)(C)C)C2C. The highest BCUT2D eigenvalue weighted by Gasteiger charge is 2.34. The molecule has 0 aromatic heterocycles. The first-order chi connectivity index (χ1) is 9.74. The van der Waals surface area contributed by atoms with Crippen LogP contribution >= 0.6 is 0 Å². The summed E-state index contributed by atoms with van der Waals surface area (Å²) in [5.41, 5.74) is 0.792. The minimum atomic E-state index is -0.565. The lowest BCUT2D eigenvalue weighted by atomic mass is 9.92. The molecule has 116 valence electrons. The van der Waals surface area contributed by atoms with Crippen molar-refractivity contribution in [1.82, 2.24) is 4.90 Å². The lowest BCUT2D eigenvalue weighted by Gasteiger charge is -2.36. The first-order valence-electron chi connectivity index (χ1n) is 7.09. The van der Waals surface area contributed by atoms with Crippen molar-refractivity contribution < 1.29 is 18.7 Å². The van der Waals surface area contributed by atoms with Crippen LogP contribution in [-0.4, -0.2) is 30.2 Å². The molecule has 0 spiro atoms. The predicted octanol–water partition coefficient (Wildman–Crippen LogP) is 3.69. The highest BCUT2D eigenvalue weighted by molar-refractivity contribution is 5.69. The molecular weight excluding hydrogens is 273 g/mol. The molecule has 1 aromatic carbocycles. The average Bonchev–Trinajstić information content (AvgIpc) is 2.37. The van der Waals surface area contributed by atoms with Gasteiger partial charge in [-0.15, -0.1) is 0 Å². The van der Waals surface area contributed by atoms with Gasteiger partial charge in [-0.05, 0) is 46.2 Å². The zero-order chi connectivity index (χ0) is 15.8. The summed E-state index contributed by atoms with van der Waals surface area (Å²) in [6, 6.07) is 2.63. The second-order valence-corrected chi connectivity index (χ2v) is 6.24. The standard InChI is InChI=1S/C16H22FNO3/c1-10-14-11(13(20-5)7-6-12(14)17)8-9-18(10)15(19)21-16(2,3)4/h6-7,10H,8-9H2,1-5H3. The molecule has 1 aliphatic heterocycles. The van der Waals surface area contributed by atoms with Crippen LogP contribution in [0.3, 0.4) is 0 Å². The molecule has 1 atom stereocenters. The maximum atomic E-state index is 14.2. The van der Waals surface area contributed by atoms with Crippen LogP contribution in [-0.2, 0) is 11.2 Å². The van der Waals surface area contributed by atoms with Crippen LogP contribution in [0.2, 0.25) is 0 Å². The molecule has 1 amide bonds. The maximum absolute atomic E-state index is 14.2. The normalized spacial score (nSPS) is 18.2. The number of hydrogen-bond acceptors (Lipinski definition) is 3. The van der Waals surface area contributed by atoms with Gasteiger partial charge in [0.15, 0.2) is 0 Å². The smallest absolute Gasteiger partial charge is 0.410 e. The first-order valence-corrected chi connectivity index (χ1v) is 7.09. The summed E-state index contributed by atoms with van der Waals surface area (Å²) in [6.45, 7) is 7.75. The summed E-state index contributed by atoms with van der Waals surface area (Å²) in [6.07, 6.45) is 0.141. The summed E-state index contributed by atoms with van der Waals surface area (Å²) >= 11 is 0. The Morgan fingerprint density at radius 3 is 2.62 bits per heavy atom. The Balaban J connectivity index is 2.32. The summed E-state index contributed by atoms with van der Waals surface area (Å²) < 4.78 is 24.9. The van der Waals surface area contributed by atoms with Gasteiger partial charge in [0.2, 0.25) is 0 Å². The van der Waals surface area contributed by atoms with E-state index in [0.717, 1.165) is 5.56 Å². The zero-order valence-electron chi connectivity index (χ0n) is 13.2. The average molecular weight is 295 g/mol. The lowest BCUT2D eigenvalue weighted by molar-refractivity contribution is 0.0155. The fraction of sp³-hybridized carbons (Fsp3) is 0.562. The van der Waals surface area contributed by atoms with Crippen molar-refractivity contribution in [1.29, 1.82) is 0 Å². The Bertz CT molecular complexity index is 551. The Morgan fingerprint density at radius 2 is 2.05 bits per heavy atom. The van der Waals surface area contributed by atoms with Gasteiger partial charge in [-0.1, -0.05) is 0 Å². The fourth-order valence-corrected chi connectivity index (χ4v) is 2.67. The molecule has 0 saturated carbocycles. The number of rotatable bonds is 1. The van der Waals surface area contributed by atoms with E-state index in [9.17, 15) is 9.18 Å². The number of carbonyl (C=O) groups is 1. The van der Waals surface area contributed by atoms with Gasteiger partial charge >= 0.3 is 6.09 Å². The molecular formula is C16H22FNO3. The molecule has 0 radical (unpaired) electrons. The molecule has 1 heterocycles. The van der Waals surface area contributed by atoms with Crippen molar-refractivity contribution in [2.75, 3.05) is 13.7 Å². The van der Waals surface area contributed by atoms with Gasteiger partial charge in [0, 0.05) is 17.7 Å². The van der Waals surface area contributed by atoms with Crippen LogP contribution in [0, 0.1) is 5.82 Å². The van der Waals surface area contributed by atoms with Crippen LogP contribution in [0.4, 0.5) is 9.18 Å². The molecule has 5 heteroatoms. The van der Waals surface area contributed by atoms with Crippen molar-refractivity contribution in [3.63, 3.8) is 0 Å². The second-order valence-electron chi connectivity index (χ2n) is 6.24. The van der Waals surface area contributed by atoms with E-state index in [0.29, 0.717) is 24.3 Å². The molecule has 0 aliphatic carbocycles. The van der Waals surface area contributed by atoms with Crippen LogP contribution in [0.1, 0.15) is 44.9 Å². The van der Waals surface area contributed by atoms with Crippen LogP contribution < -0.4 is 4.74 Å². The van der Waals surface area contributed by atoms with Gasteiger partial charge in [-0.2, -0.15) is 0 Å². The lowest BCUT2D eigenvalue weighted by Crippen LogP contribution is -2.42. The van der Waals surface area contributed by atoms with Crippen molar-refractivity contribution in [3.05, 3.63) is 29.1 Å². The van der Waals surface area contributed by atoms with Crippen molar-refractivity contribution in [2.24, 2.45) is 0 Å². The van der Waals surface area contributed by atoms with Crippen molar-refractivity contribution in [2.45, 2.75) is 45.8 Å². The molecule has 1 aromatic rings. The summed E-state index contributed by atoms with van der Waals surface area (Å²) in [7, 11) is 1.57. The second kappa shape index (κ2) is 5.54. The van der Waals surface area contributed by atoms with E-state index in [2.05, 4.69) is 0 Å². The summed E-state index contributed by atoms with van der Waals surface area (Å²) in [4.78, 5) is 13.8. The van der Waals surface area contributed by atoms with Gasteiger partial charge in [-0.3, -0.25) is 0 Å². The number of fused-ring (bicyclic) bond motifs is 1. The van der Waals surface area contributed by atoms with Gasteiger partial charge < -0.3 is 14.4 Å². The van der Waals surface area contributed by atoms with Gasteiger partial charge in [0.1, 0.15) is 17.2 Å². The van der Waals surface area contributed by atoms with E-state index in [1.54, 1.807) is 18.1 Å². The van der Waals surface area contributed by atoms with Crippen molar-refractivity contribution in [3.8, 4) is 5.75 Å². The monoisotopic (exact) mass is 295 g/mol. The quantitative estimate of drug-likeness (QED) is 0.793. The van der Waals surface area contributed by atoms with Crippen LogP contribution in [0.5, 0.6) is 5.75 Å². The molecule has 2 rings (SSSR count). The topological polar surface area (TPSA) is 38.8 Å². The Morgan fingerprint density at radius 1 is 1.38 bits per heavy atom. The number of amides is 1. The highest BCUT2D eigenvalue weighted by Crippen LogP contribution is 2.37. The molecule has 1 unspecified atom stereocenters. The number of methoxy groups -OCH3 is 1. The van der Waals surface area contributed by atoms with Gasteiger partial charge in [0.05, 0.1) is 13.2 Å². The molecule has 0 bridgehead atoms. The van der Waals surface area contributed by atoms with Gasteiger partial charge in [-0.25, -0.2) is 9.18 Å². The third kappa shape index (κ3) is 3.12. The first kappa shape index (κ1) is 15.6. The van der Waals surface area contributed by atoms with Crippen LogP contribution in [0.15, 0.2) is 12.1 Å². The number of carbonyl (C=O) groups excluding carboxylic acids is 1. The number of benzene rings is 1. The largest absolute Gasteiger partial charge is 0.496 e. The number of ether oxygens (including phenoxy) is 2. The highest BCUT2D eigenvalue weighted by atomic mass is 19.1. The van der Waals surface area contributed by atoms with Gasteiger partial charge in [0.25, 0.3) is 0 Å². The Kier molecular flexibility index (Phi) is 4.12. The molecule has 21 heavy (non-hydrogen) atoms. The van der Waals surface area contributed by atoms with E-state index in [4.69, 9.17) is 9.47 Å². The maximum Gasteiger partial charge on any atom is 0.410 e. The van der Waals surface area contributed by atoms with E-state index >= 15 is 0 Å². The number of halogens is 1. The number of hydrogen-bond donors (Lipinski definition) is 0. The minimum Gasteiger partial charge on any atom is -0.496 e. The van der Waals surface area contributed by atoms with Crippen molar-refractivity contribution >= 4 is 6.09 Å². The van der Waals surface area contributed by atoms with E-state index in [-0.39, 0.29) is 11.9 Å². The Labute approximate surface area is 124 Å². The molecule has 1 aliphatic rings. The predicted molar refractivity (Wildman–Crippen MR) is 78.0 cm³/mol. The molecule has 4 nitrogen and oxygen atoms in total. The summed E-state index contributed by atoms with van der Waals surface area (Å²) in [5.74, 6) is 0.355. The fourth-order valence-electron chi connectivity index (χ4n) is 2.67.